The van der Waals surface area contributed by atoms with E-state index in [2.05, 4.69) is 32.9 Å². The van der Waals surface area contributed by atoms with Gasteiger partial charge in [-0.25, -0.2) is 5.43 Å². The molecule has 3 aromatic carbocycles. The molecule has 148 valence electrons. The number of carbonyl (C=O) groups is 1. The molecule has 6 heteroatoms. The van der Waals surface area contributed by atoms with Gasteiger partial charge in [0.25, 0.3) is 5.91 Å². The van der Waals surface area contributed by atoms with Gasteiger partial charge in [0.05, 0.1) is 11.4 Å². The molecule has 0 spiro atoms. The number of halogens is 1. The van der Waals surface area contributed by atoms with Gasteiger partial charge in [-0.3, -0.25) is 9.89 Å². The normalized spacial score (nSPS) is 11.3. The predicted molar refractivity (Wildman–Crippen MR) is 121 cm³/mol. The third-order valence-electron chi connectivity index (χ3n) is 4.70. The highest BCUT2D eigenvalue weighted by Crippen LogP contribution is 2.24. The molecule has 0 fully saturated rings. The zero-order valence-electron chi connectivity index (χ0n) is 16.3. The smallest absolute Gasteiger partial charge is 0.272 e. The second kappa shape index (κ2) is 8.76. The first kappa shape index (κ1) is 19.6. The van der Waals surface area contributed by atoms with E-state index in [1.165, 1.54) is 0 Å². The maximum atomic E-state index is 12.4. The minimum Gasteiger partial charge on any atom is -0.272 e. The van der Waals surface area contributed by atoms with Gasteiger partial charge in [-0.15, -0.1) is 0 Å². The van der Waals surface area contributed by atoms with Crippen LogP contribution in [0.1, 0.15) is 23.0 Å². The lowest BCUT2D eigenvalue weighted by Gasteiger charge is -2.02. The van der Waals surface area contributed by atoms with Gasteiger partial charge in [-0.2, -0.15) is 10.2 Å². The van der Waals surface area contributed by atoms with Gasteiger partial charge < -0.3 is 0 Å². The van der Waals surface area contributed by atoms with E-state index in [1.54, 1.807) is 18.2 Å². The molecule has 1 heterocycles. The maximum absolute atomic E-state index is 12.4. The lowest BCUT2D eigenvalue weighted by molar-refractivity contribution is 0.0950. The van der Waals surface area contributed by atoms with Crippen molar-refractivity contribution in [3.63, 3.8) is 0 Å². The molecule has 0 aliphatic carbocycles. The molecule has 0 unspecified atom stereocenters. The Morgan fingerprint density at radius 2 is 1.53 bits per heavy atom. The zero-order chi connectivity index (χ0) is 20.9. The average molecular weight is 415 g/mol. The third-order valence-corrected chi connectivity index (χ3v) is 4.95. The van der Waals surface area contributed by atoms with E-state index < -0.39 is 0 Å². The molecule has 0 saturated carbocycles. The Labute approximate surface area is 179 Å². The Kier molecular flexibility index (Phi) is 5.72. The van der Waals surface area contributed by atoms with Gasteiger partial charge in [0, 0.05) is 10.6 Å². The van der Waals surface area contributed by atoms with Gasteiger partial charge >= 0.3 is 0 Å². The van der Waals surface area contributed by atoms with Crippen LogP contribution in [-0.2, 0) is 0 Å². The second-order valence-electron chi connectivity index (χ2n) is 6.76. The van der Waals surface area contributed by atoms with Crippen molar-refractivity contribution in [1.29, 1.82) is 0 Å². The number of aromatic amines is 1. The summed E-state index contributed by atoms with van der Waals surface area (Å²) in [6.45, 7) is 1.82. The van der Waals surface area contributed by atoms with Gasteiger partial charge in [0.1, 0.15) is 5.69 Å². The van der Waals surface area contributed by atoms with Crippen LogP contribution in [0.25, 0.3) is 22.4 Å². The molecule has 0 radical (unpaired) electrons. The standard InChI is InChI=1S/C24H19ClN4O/c1-16(17-11-13-21(25)14-12-17)26-29-24(30)23-15-22(27-28-23)20-9-7-19(8-10-20)18-5-3-2-4-6-18/h2-15H,1H3,(H,27,28)(H,29,30)/b26-16-. The molecule has 4 aromatic rings. The lowest BCUT2D eigenvalue weighted by Crippen LogP contribution is -2.19. The summed E-state index contributed by atoms with van der Waals surface area (Å²) in [6.07, 6.45) is 0. The molecule has 0 aliphatic rings. The largest absolute Gasteiger partial charge is 0.289 e. The number of amides is 1. The topological polar surface area (TPSA) is 70.1 Å². The van der Waals surface area contributed by atoms with Crippen LogP contribution in [0.15, 0.2) is 90.0 Å². The molecular weight excluding hydrogens is 396 g/mol. The van der Waals surface area contributed by atoms with Crippen molar-refractivity contribution in [2.24, 2.45) is 5.10 Å². The van der Waals surface area contributed by atoms with Crippen molar-refractivity contribution < 1.29 is 4.79 Å². The Bertz CT molecular complexity index is 1180. The Hall–Kier alpha value is -3.70. The number of H-pyrrole nitrogens is 1. The Balaban J connectivity index is 1.45. The molecule has 0 aliphatic heterocycles. The highest BCUT2D eigenvalue weighted by Gasteiger charge is 2.11. The van der Waals surface area contributed by atoms with Crippen molar-refractivity contribution in [3.8, 4) is 22.4 Å². The van der Waals surface area contributed by atoms with E-state index in [0.717, 1.165) is 22.3 Å². The van der Waals surface area contributed by atoms with E-state index in [1.807, 2.05) is 61.5 Å². The number of nitrogens with zero attached hydrogens (tertiary/aromatic N) is 2. The summed E-state index contributed by atoms with van der Waals surface area (Å²) in [7, 11) is 0. The van der Waals surface area contributed by atoms with Crippen molar-refractivity contribution in [2.75, 3.05) is 0 Å². The fourth-order valence-electron chi connectivity index (χ4n) is 3.00. The summed E-state index contributed by atoms with van der Waals surface area (Å²) in [4.78, 5) is 12.4. The zero-order valence-corrected chi connectivity index (χ0v) is 17.0. The van der Waals surface area contributed by atoms with E-state index in [-0.39, 0.29) is 5.91 Å². The first-order valence-electron chi connectivity index (χ1n) is 9.42. The van der Waals surface area contributed by atoms with Crippen molar-refractivity contribution in [3.05, 3.63) is 101 Å². The minimum atomic E-state index is -0.358. The molecule has 5 nitrogen and oxygen atoms in total. The number of hydrogen-bond acceptors (Lipinski definition) is 3. The van der Waals surface area contributed by atoms with Crippen LogP contribution >= 0.6 is 11.6 Å². The number of hydrogen-bond donors (Lipinski definition) is 2. The number of hydrazone groups is 1. The first-order chi connectivity index (χ1) is 14.6. The van der Waals surface area contributed by atoms with Gasteiger partial charge in [0.15, 0.2) is 0 Å². The summed E-state index contributed by atoms with van der Waals surface area (Å²) in [5.41, 5.74) is 8.34. The average Bonchev–Trinajstić information content (AvgIpc) is 3.29. The van der Waals surface area contributed by atoms with Crippen molar-refractivity contribution >= 4 is 23.2 Å². The molecule has 1 aromatic heterocycles. The Morgan fingerprint density at radius 1 is 0.900 bits per heavy atom. The van der Waals surface area contributed by atoms with Crippen molar-refractivity contribution in [2.45, 2.75) is 6.92 Å². The fraction of sp³-hybridized carbons (Fsp3) is 0.0417. The number of nitrogens with one attached hydrogen (secondary N) is 2. The van der Waals surface area contributed by atoms with Crippen LogP contribution in [0.4, 0.5) is 0 Å². The summed E-state index contributed by atoms with van der Waals surface area (Å²) >= 11 is 5.90. The minimum absolute atomic E-state index is 0.338. The fourth-order valence-corrected chi connectivity index (χ4v) is 3.13. The third kappa shape index (κ3) is 4.47. The molecule has 30 heavy (non-hydrogen) atoms. The van der Waals surface area contributed by atoms with E-state index in [0.29, 0.717) is 22.1 Å². The van der Waals surface area contributed by atoms with E-state index in [9.17, 15) is 4.79 Å². The van der Waals surface area contributed by atoms with Crippen LogP contribution in [0.3, 0.4) is 0 Å². The molecule has 4 rings (SSSR count). The molecule has 0 atom stereocenters. The molecule has 0 saturated heterocycles. The summed E-state index contributed by atoms with van der Waals surface area (Å²) in [5, 5.41) is 11.8. The van der Waals surface area contributed by atoms with Crippen LogP contribution in [0.2, 0.25) is 5.02 Å². The second-order valence-corrected chi connectivity index (χ2v) is 7.19. The number of rotatable bonds is 5. The predicted octanol–water partition coefficient (Wildman–Crippen LogP) is 5.55. The Morgan fingerprint density at radius 3 is 2.23 bits per heavy atom. The van der Waals surface area contributed by atoms with Crippen LogP contribution in [0, 0.1) is 0 Å². The quantitative estimate of drug-likeness (QED) is 0.332. The summed E-state index contributed by atoms with van der Waals surface area (Å²) in [5.74, 6) is -0.358. The van der Waals surface area contributed by atoms with E-state index >= 15 is 0 Å². The van der Waals surface area contributed by atoms with Crippen molar-refractivity contribution in [1.82, 2.24) is 15.6 Å². The molecule has 1 amide bonds. The molecular formula is C24H19ClN4O. The van der Waals surface area contributed by atoms with Crippen LogP contribution < -0.4 is 5.43 Å². The number of aromatic nitrogens is 2. The lowest BCUT2D eigenvalue weighted by atomic mass is 10.0. The number of benzene rings is 3. The maximum Gasteiger partial charge on any atom is 0.289 e. The SMILES string of the molecule is C/C(=N/NC(=O)c1cc(-c2ccc(-c3ccccc3)cc2)n[nH]1)c1ccc(Cl)cc1. The summed E-state index contributed by atoms with van der Waals surface area (Å²) < 4.78 is 0. The highest BCUT2D eigenvalue weighted by atomic mass is 35.5. The van der Waals surface area contributed by atoms with Gasteiger partial charge in [0.2, 0.25) is 0 Å². The molecule has 2 N–H and O–H groups in total. The molecule has 0 bridgehead atoms. The van der Waals surface area contributed by atoms with E-state index in [4.69, 9.17) is 11.6 Å². The van der Waals surface area contributed by atoms with Gasteiger partial charge in [-0.1, -0.05) is 78.3 Å². The summed E-state index contributed by atoms with van der Waals surface area (Å²) in [6, 6.07) is 27.2. The highest BCUT2D eigenvalue weighted by molar-refractivity contribution is 6.30. The monoisotopic (exact) mass is 414 g/mol. The number of carbonyl (C=O) groups excluding carboxylic acids is 1. The van der Waals surface area contributed by atoms with Gasteiger partial charge in [-0.05, 0) is 41.8 Å². The van der Waals surface area contributed by atoms with Crippen LogP contribution in [-0.4, -0.2) is 21.8 Å². The van der Waals surface area contributed by atoms with Crippen LogP contribution in [0.5, 0.6) is 0 Å². The first-order valence-corrected chi connectivity index (χ1v) is 9.80.